The second-order valence-corrected chi connectivity index (χ2v) is 5.84. The molecule has 2 nitrogen and oxygen atoms in total. The maximum Gasteiger partial charge on any atom is 0.186 e. The smallest absolute Gasteiger partial charge is 0.186 e. The van der Waals surface area contributed by atoms with Gasteiger partial charge in [-0.1, -0.05) is 23.9 Å². The van der Waals surface area contributed by atoms with Crippen molar-refractivity contribution in [1.29, 1.82) is 0 Å². The zero-order valence-corrected chi connectivity index (χ0v) is 11.7. The van der Waals surface area contributed by atoms with Crippen molar-refractivity contribution in [3.63, 3.8) is 0 Å². The Kier molecular flexibility index (Phi) is 5.02. The molecule has 102 valence electrons. The minimum atomic E-state index is -0.280. The number of hydrogen-bond donors (Lipinski definition) is 0. The third-order valence-corrected chi connectivity index (χ3v) is 3.59. The van der Waals surface area contributed by atoms with Crippen molar-refractivity contribution < 1.29 is 13.9 Å². The number of rotatable bonds is 6. The van der Waals surface area contributed by atoms with Crippen LogP contribution in [0, 0.1) is 11.7 Å². The Morgan fingerprint density at radius 3 is 3.00 bits per heavy atom. The van der Waals surface area contributed by atoms with Crippen molar-refractivity contribution in [2.24, 2.45) is 5.92 Å². The van der Waals surface area contributed by atoms with Gasteiger partial charge in [-0.15, -0.1) is 0 Å². The summed E-state index contributed by atoms with van der Waals surface area (Å²) in [6, 6.07) is 4.52. The Morgan fingerprint density at radius 1 is 1.53 bits per heavy atom. The Hall–Kier alpha value is -1.29. The van der Waals surface area contributed by atoms with Gasteiger partial charge < -0.3 is 4.74 Å². The van der Waals surface area contributed by atoms with E-state index < -0.39 is 0 Å². The maximum absolute atomic E-state index is 13.2. The summed E-state index contributed by atoms with van der Waals surface area (Å²) in [6.45, 7) is 2.24. The fourth-order valence-electron chi connectivity index (χ4n) is 1.61. The van der Waals surface area contributed by atoms with Crippen molar-refractivity contribution in [2.75, 3.05) is 12.4 Å². The van der Waals surface area contributed by atoms with Gasteiger partial charge in [0.2, 0.25) is 0 Å². The molecule has 0 spiro atoms. The molecule has 0 amide bonds. The molecule has 0 unspecified atom stereocenters. The first-order valence-corrected chi connectivity index (χ1v) is 7.36. The lowest BCUT2D eigenvalue weighted by Crippen LogP contribution is -2.00. The van der Waals surface area contributed by atoms with Crippen molar-refractivity contribution >= 4 is 23.0 Å². The van der Waals surface area contributed by atoms with E-state index in [0.29, 0.717) is 24.0 Å². The van der Waals surface area contributed by atoms with E-state index in [1.165, 1.54) is 43.7 Å². The molecule has 0 aromatic heterocycles. The zero-order chi connectivity index (χ0) is 13.7. The van der Waals surface area contributed by atoms with Crippen LogP contribution in [0.4, 0.5) is 4.39 Å². The minimum Gasteiger partial charge on any atom is -0.493 e. The Balaban J connectivity index is 1.98. The highest BCUT2D eigenvalue weighted by Gasteiger charge is 2.22. The third-order valence-electron chi connectivity index (χ3n) is 2.82. The summed E-state index contributed by atoms with van der Waals surface area (Å²) in [5, 5.41) is 0.0779. The highest BCUT2D eigenvalue weighted by atomic mass is 32.2. The number of thioether (sulfide) groups is 1. The Morgan fingerprint density at radius 2 is 2.32 bits per heavy atom. The average Bonchev–Trinajstić information content (AvgIpc) is 3.17. The zero-order valence-electron chi connectivity index (χ0n) is 10.9. The third kappa shape index (κ3) is 5.07. The fraction of sp³-hybridized carbons (Fsp3) is 0.400. The van der Waals surface area contributed by atoms with E-state index in [2.05, 4.69) is 0 Å². The molecule has 0 bridgehead atoms. The number of hydrogen-bond acceptors (Lipinski definition) is 3. The van der Waals surface area contributed by atoms with Crippen LogP contribution >= 0.6 is 11.8 Å². The SMILES string of the molecule is CC(=O)SCC=Cc1cc(F)ccc1OCC1CC1. The molecule has 0 heterocycles. The van der Waals surface area contributed by atoms with Gasteiger partial charge >= 0.3 is 0 Å². The van der Waals surface area contributed by atoms with E-state index in [-0.39, 0.29) is 10.9 Å². The van der Waals surface area contributed by atoms with Crippen molar-refractivity contribution in [3.05, 3.63) is 35.7 Å². The number of benzene rings is 1. The summed E-state index contributed by atoms with van der Waals surface area (Å²) in [7, 11) is 0. The van der Waals surface area contributed by atoms with Crippen LogP contribution in [0.15, 0.2) is 24.3 Å². The topological polar surface area (TPSA) is 26.3 Å². The van der Waals surface area contributed by atoms with Crippen LogP contribution in [0.25, 0.3) is 6.08 Å². The number of carbonyl (C=O) groups is 1. The van der Waals surface area contributed by atoms with Crippen molar-refractivity contribution in [1.82, 2.24) is 0 Å². The predicted octanol–water partition coefficient (Wildman–Crippen LogP) is 3.91. The Bertz CT molecular complexity index is 481. The summed E-state index contributed by atoms with van der Waals surface area (Å²) in [5.74, 6) is 1.68. The van der Waals surface area contributed by atoms with Gasteiger partial charge in [0.1, 0.15) is 11.6 Å². The summed E-state index contributed by atoms with van der Waals surface area (Å²) < 4.78 is 18.9. The molecule has 1 saturated carbocycles. The molecule has 19 heavy (non-hydrogen) atoms. The molecule has 4 heteroatoms. The van der Waals surface area contributed by atoms with E-state index in [1.54, 1.807) is 12.1 Å². The van der Waals surface area contributed by atoms with Crippen LogP contribution in [0.5, 0.6) is 5.75 Å². The van der Waals surface area contributed by atoms with Gasteiger partial charge in [-0.3, -0.25) is 4.79 Å². The van der Waals surface area contributed by atoms with Gasteiger partial charge in [0.15, 0.2) is 5.12 Å². The highest BCUT2D eigenvalue weighted by molar-refractivity contribution is 8.13. The molecule has 0 saturated heterocycles. The molecule has 1 aromatic rings. The molecule has 0 aliphatic heterocycles. The lowest BCUT2D eigenvalue weighted by molar-refractivity contribution is -0.109. The van der Waals surface area contributed by atoms with Crippen LogP contribution in [0.2, 0.25) is 0 Å². The van der Waals surface area contributed by atoms with E-state index in [1.807, 2.05) is 6.08 Å². The summed E-state index contributed by atoms with van der Waals surface area (Å²) in [5.41, 5.74) is 0.727. The van der Waals surface area contributed by atoms with E-state index in [4.69, 9.17) is 4.74 Å². The van der Waals surface area contributed by atoms with Crippen LogP contribution in [-0.4, -0.2) is 17.5 Å². The lowest BCUT2D eigenvalue weighted by atomic mass is 10.2. The summed E-state index contributed by atoms with van der Waals surface area (Å²) >= 11 is 1.23. The first kappa shape index (κ1) is 14.1. The molecular weight excluding hydrogens is 263 g/mol. The first-order valence-electron chi connectivity index (χ1n) is 6.37. The largest absolute Gasteiger partial charge is 0.493 e. The Labute approximate surface area is 117 Å². The molecule has 2 rings (SSSR count). The van der Waals surface area contributed by atoms with Crippen LogP contribution in [-0.2, 0) is 4.79 Å². The first-order chi connectivity index (χ1) is 9.15. The molecule has 0 N–H and O–H groups in total. The molecule has 0 atom stereocenters. The lowest BCUT2D eigenvalue weighted by Gasteiger charge is -2.08. The highest BCUT2D eigenvalue weighted by Crippen LogP contribution is 2.30. The van der Waals surface area contributed by atoms with Gasteiger partial charge in [-0.25, -0.2) is 4.39 Å². The molecule has 1 aliphatic rings. The number of carbonyl (C=O) groups excluding carboxylic acids is 1. The molecule has 1 aromatic carbocycles. The van der Waals surface area contributed by atoms with Gasteiger partial charge in [-0.2, -0.15) is 0 Å². The van der Waals surface area contributed by atoms with Gasteiger partial charge in [0.05, 0.1) is 6.61 Å². The van der Waals surface area contributed by atoms with Gasteiger partial charge in [-0.05, 0) is 37.0 Å². The normalized spacial score (nSPS) is 14.8. The molecule has 1 aliphatic carbocycles. The van der Waals surface area contributed by atoms with Gasteiger partial charge in [0, 0.05) is 18.2 Å². The summed E-state index contributed by atoms with van der Waals surface area (Å²) in [4.78, 5) is 10.8. The summed E-state index contributed by atoms with van der Waals surface area (Å²) in [6.07, 6.45) is 6.11. The maximum atomic E-state index is 13.2. The van der Waals surface area contributed by atoms with Gasteiger partial charge in [0.25, 0.3) is 0 Å². The van der Waals surface area contributed by atoms with Crippen molar-refractivity contribution in [3.8, 4) is 5.75 Å². The standard InChI is InChI=1S/C15H17FO2S/c1-11(17)19-8-2-3-13-9-14(16)6-7-15(13)18-10-12-4-5-12/h2-3,6-7,9,12H,4-5,8,10H2,1H3. The van der Waals surface area contributed by atoms with E-state index in [9.17, 15) is 9.18 Å². The second kappa shape index (κ2) is 6.75. The average molecular weight is 280 g/mol. The van der Waals surface area contributed by atoms with Crippen LogP contribution in [0.1, 0.15) is 25.3 Å². The number of halogens is 1. The van der Waals surface area contributed by atoms with Crippen molar-refractivity contribution in [2.45, 2.75) is 19.8 Å². The quantitative estimate of drug-likeness (QED) is 0.790. The van der Waals surface area contributed by atoms with E-state index in [0.717, 1.165) is 5.56 Å². The van der Waals surface area contributed by atoms with Crippen LogP contribution < -0.4 is 4.74 Å². The molecule has 0 radical (unpaired) electrons. The fourth-order valence-corrected chi connectivity index (χ4v) is 2.04. The molecular formula is C15H17FO2S. The minimum absolute atomic E-state index is 0.0779. The number of ether oxygens (including phenoxy) is 1. The van der Waals surface area contributed by atoms with Crippen LogP contribution in [0.3, 0.4) is 0 Å². The second-order valence-electron chi connectivity index (χ2n) is 4.64. The van der Waals surface area contributed by atoms with E-state index >= 15 is 0 Å². The monoisotopic (exact) mass is 280 g/mol. The molecule has 1 fully saturated rings. The predicted molar refractivity (Wildman–Crippen MR) is 76.8 cm³/mol.